The van der Waals surface area contributed by atoms with Crippen molar-refractivity contribution in [3.63, 3.8) is 0 Å². The average Bonchev–Trinajstić information content (AvgIpc) is 2.78. The molecule has 148 valence electrons. The van der Waals surface area contributed by atoms with Crippen molar-refractivity contribution in [1.29, 1.82) is 0 Å². The van der Waals surface area contributed by atoms with Crippen LogP contribution >= 0.6 is 0 Å². The summed E-state index contributed by atoms with van der Waals surface area (Å²) in [4.78, 5) is 14.7. The first-order chi connectivity index (χ1) is 14.2. The summed E-state index contributed by atoms with van der Waals surface area (Å²) in [5.41, 5.74) is 3.28. The molecular weight excluding hydrogens is 368 g/mol. The smallest absolute Gasteiger partial charge is 0.276 e. The van der Waals surface area contributed by atoms with Crippen LogP contribution in [-0.4, -0.2) is 36.9 Å². The Labute approximate surface area is 169 Å². The number of amides is 1. The van der Waals surface area contributed by atoms with Gasteiger partial charge in [-0.05, 0) is 48.7 Å². The van der Waals surface area contributed by atoms with E-state index in [-0.39, 0.29) is 11.6 Å². The highest BCUT2D eigenvalue weighted by Crippen LogP contribution is 2.32. The lowest BCUT2D eigenvalue weighted by Gasteiger charge is -2.29. The first kappa shape index (κ1) is 18.7. The molecule has 1 aliphatic rings. The summed E-state index contributed by atoms with van der Waals surface area (Å²) in [6.07, 6.45) is 2.12. The van der Waals surface area contributed by atoms with Crippen LogP contribution < -0.4 is 19.7 Å². The minimum Gasteiger partial charge on any atom is -0.493 e. The van der Waals surface area contributed by atoms with E-state index in [1.165, 1.54) is 5.56 Å². The summed E-state index contributed by atoms with van der Waals surface area (Å²) in [5.74, 6) is 1.53. The Hall–Kier alpha value is -3.61. The zero-order valence-electron chi connectivity index (χ0n) is 16.4. The number of carbonyl (C=O) groups is 1. The standard InChI is InChI=1S/C22H22N4O3/c1-28-19-11-9-16(14-20(19)29-2)23-22(27)17-10-12-21(25-24-17)26-13-5-7-15-6-3-4-8-18(15)26/h3-4,6,8-12,14H,5,7,13H2,1-2H3,(H,23,27). The topological polar surface area (TPSA) is 76.6 Å². The lowest BCUT2D eigenvalue weighted by molar-refractivity contribution is 0.102. The molecule has 2 heterocycles. The van der Waals surface area contributed by atoms with Crippen molar-refractivity contribution in [2.45, 2.75) is 12.8 Å². The molecule has 0 fully saturated rings. The van der Waals surface area contributed by atoms with Crippen molar-refractivity contribution in [3.05, 3.63) is 65.9 Å². The molecule has 7 nitrogen and oxygen atoms in total. The van der Waals surface area contributed by atoms with Crippen LogP contribution in [0.4, 0.5) is 17.2 Å². The number of aryl methyl sites for hydroxylation is 1. The largest absolute Gasteiger partial charge is 0.493 e. The summed E-state index contributed by atoms with van der Waals surface area (Å²) >= 11 is 0. The molecule has 3 aromatic rings. The predicted octanol–water partition coefficient (Wildman–Crippen LogP) is 3.83. The molecule has 1 amide bonds. The number of hydrogen-bond donors (Lipinski definition) is 1. The van der Waals surface area contributed by atoms with Crippen LogP contribution in [0.15, 0.2) is 54.6 Å². The first-order valence-electron chi connectivity index (χ1n) is 9.42. The summed E-state index contributed by atoms with van der Waals surface area (Å²) in [6.45, 7) is 0.878. The SMILES string of the molecule is COc1ccc(NC(=O)c2ccc(N3CCCc4ccccc43)nn2)cc1OC. The van der Waals surface area contributed by atoms with E-state index in [4.69, 9.17) is 9.47 Å². The molecule has 0 unspecified atom stereocenters. The van der Waals surface area contributed by atoms with Gasteiger partial charge in [-0.3, -0.25) is 4.79 Å². The number of benzene rings is 2. The van der Waals surface area contributed by atoms with Gasteiger partial charge in [0, 0.05) is 24.0 Å². The van der Waals surface area contributed by atoms with Crippen molar-refractivity contribution in [1.82, 2.24) is 10.2 Å². The number of anilines is 3. The van der Waals surface area contributed by atoms with Gasteiger partial charge in [0.2, 0.25) is 0 Å². The van der Waals surface area contributed by atoms with E-state index in [0.29, 0.717) is 17.2 Å². The Balaban J connectivity index is 1.51. The number of ether oxygens (including phenoxy) is 2. The monoisotopic (exact) mass is 390 g/mol. The molecule has 1 N–H and O–H groups in total. The molecule has 0 saturated carbocycles. The second kappa shape index (κ2) is 8.18. The van der Waals surface area contributed by atoms with Crippen LogP contribution in [-0.2, 0) is 6.42 Å². The molecule has 1 aliphatic heterocycles. The molecule has 0 radical (unpaired) electrons. The Bertz CT molecular complexity index is 1020. The van der Waals surface area contributed by atoms with Gasteiger partial charge >= 0.3 is 0 Å². The van der Waals surface area contributed by atoms with Crippen LogP contribution in [0.3, 0.4) is 0 Å². The number of rotatable bonds is 5. The number of hydrogen-bond acceptors (Lipinski definition) is 6. The van der Waals surface area contributed by atoms with Crippen LogP contribution in [0.25, 0.3) is 0 Å². The fourth-order valence-electron chi connectivity index (χ4n) is 3.47. The zero-order valence-corrected chi connectivity index (χ0v) is 16.4. The molecule has 0 saturated heterocycles. The van der Waals surface area contributed by atoms with Gasteiger partial charge in [-0.2, -0.15) is 0 Å². The first-order valence-corrected chi connectivity index (χ1v) is 9.42. The molecule has 0 atom stereocenters. The van der Waals surface area contributed by atoms with E-state index < -0.39 is 0 Å². The van der Waals surface area contributed by atoms with Gasteiger partial charge in [0.15, 0.2) is 23.0 Å². The summed E-state index contributed by atoms with van der Waals surface area (Å²) < 4.78 is 10.5. The molecule has 0 spiro atoms. The molecule has 2 aromatic carbocycles. The number of fused-ring (bicyclic) bond motifs is 1. The Morgan fingerprint density at radius 1 is 1.00 bits per heavy atom. The zero-order chi connectivity index (χ0) is 20.2. The van der Waals surface area contributed by atoms with Crippen molar-refractivity contribution in [2.24, 2.45) is 0 Å². The van der Waals surface area contributed by atoms with Gasteiger partial charge in [0.05, 0.1) is 14.2 Å². The van der Waals surface area contributed by atoms with E-state index in [0.717, 1.165) is 30.9 Å². The second-order valence-electron chi connectivity index (χ2n) is 6.68. The molecule has 0 aliphatic carbocycles. The lowest BCUT2D eigenvalue weighted by atomic mass is 10.0. The maximum absolute atomic E-state index is 12.6. The predicted molar refractivity (Wildman–Crippen MR) is 111 cm³/mol. The van der Waals surface area contributed by atoms with Crippen LogP contribution in [0.1, 0.15) is 22.5 Å². The number of nitrogens with one attached hydrogen (secondary N) is 1. The number of methoxy groups -OCH3 is 2. The normalized spacial score (nSPS) is 12.8. The third kappa shape index (κ3) is 3.85. The van der Waals surface area contributed by atoms with Crippen molar-refractivity contribution < 1.29 is 14.3 Å². The van der Waals surface area contributed by atoms with E-state index in [1.54, 1.807) is 38.5 Å². The van der Waals surface area contributed by atoms with Gasteiger partial charge in [0.25, 0.3) is 5.91 Å². The van der Waals surface area contributed by atoms with Crippen LogP contribution in [0, 0.1) is 0 Å². The average molecular weight is 390 g/mol. The Kier molecular flexibility index (Phi) is 5.29. The second-order valence-corrected chi connectivity index (χ2v) is 6.68. The third-order valence-corrected chi connectivity index (χ3v) is 4.91. The molecule has 29 heavy (non-hydrogen) atoms. The van der Waals surface area contributed by atoms with Crippen molar-refractivity contribution >= 4 is 23.1 Å². The molecule has 0 bridgehead atoms. The minimum atomic E-state index is -0.338. The lowest BCUT2D eigenvalue weighted by Crippen LogP contribution is -2.26. The highest BCUT2D eigenvalue weighted by molar-refractivity contribution is 6.03. The van der Waals surface area contributed by atoms with Crippen LogP contribution in [0.2, 0.25) is 0 Å². The molecule has 1 aromatic heterocycles. The van der Waals surface area contributed by atoms with E-state index in [2.05, 4.69) is 38.6 Å². The van der Waals surface area contributed by atoms with Gasteiger partial charge in [-0.25, -0.2) is 0 Å². The van der Waals surface area contributed by atoms with Gasteiger partial charge in [0.1, 0.15) is 0 Å². The number of carbonyl (C=O) groups excluding carboxylic acids is 1. The van der Waals surface area contributed by atoms with Crippen LogP contribution in [0.5, 0.6) is 11.5 Å². The number of para-hydroxylation sites is 1. The quantitative estimate of drug-likeness (QED) is 0.714. The summed E-state index contributed by atoms with van der Waals surface area (Å²) in [5, 5.41) is 11.2. The number of nitrogens with zero attached hydrogens (tertiary/aromatic N) is 3. The Morgan fingerprint density at radius 2 is 1.83 bits per heavy atom. The van der Waals surface area contributed by atoms with E-state index >= 15 is 0 Å². The molecule has 7 heteroatoms. The van der Waals surface area contributed by atoms with Gasteiger partial charge < -0.3 is 19.7 Å². The van der Waals surface area contributed by atoms with E-state index in [1.807, 2.05) is 12.1 Å². The maximum Gasteiger partial charge on any atom is 0.276 e. The summed E-state index contributed by atoms with van der Waals surface area (Å²) in [6, 6.07) is 17.0. The van der Waals surface area contributed by atoms with Crippen molar-refractivity contribution in [2.75, 3.05) is 31.0 Å². The minimum absolute atomic E-state index is 0.244. The fraction of sp³-hybridized carbons (Fsp3) is 0.227. The maximum atomic E-state index is 12.6. The number of aromatic nitrogens is 2. The van der Waals surface area contributed by atoms with Gasteiger partial charge in [-0.15, -0.1) is 10.2 Å². The molecule has 4 rings (SSSR count). The Morgan fingerprint density at radius 3 is 2.59 bits per heavy atom. The van der Waals surface area contributed by atoms with Gasteiger partial charge in [-0.1, -0.05) is 18.2 Å². The third-order valence-electron chi connectivity index (χ3n) is 4.91. The highest BCUT2D eigenvalue weighted by atomic mass is 16.5. The summed E-state index contributed by atoms with van der Waals surface area (Å²) in [7, 11) is 3.11. The fourth-order valence-corrected chi connectivity index (χ4v) is 3.47. The molecular formula is C22H22N4O3. The van der Waals surface area contributed by atoms with E-state index in [9.17, 15) is 4.79 Å². The van der Waals surface area contributed by atoms with Crippen molar-refractivity contribution in [3.8, 4) is 11.5 Å². The highest BCUT2D eigenvalue weighted by Gasteiger charge is 2.19.